The summed E-state index contributed by atoms with van der Waals surface area (Å²) < 4.78 is 11.1. The average molecular weight is 222 g/mol. The van der Waals surface area contributed by atoms with Crippen molar-refractivity contribution in [1.29, 1.82) is 0 Å². The number of aryl methyl sites for hydroxylation is 2. The van der Waals surface area contributed by atoms with Crippen LogP contribution in [0.25, 0.3) is 0 Å². The average Bonchev–Trinajstić information content (AvgIpc) is 2.22. The van der Waals surface area contributed by atoms with Crippen molar-refractivity contribution in [3.05, 3.63) is 29.3 Å². The SMILES string of the molecule is COC1C(O)CC1Oc1c(C)cccc1C. The molecule has 0 aliphatic heterocycles. The van der Waals surface area contributed by atoms with Gasteiger partial charge in [0.25, 0.3) is 0 Å². The Bertz CT molecular complexity index is 355. The van der Waals surface area contributed by atoms with Crippen LogP contribution in [0.3, 0.4) is 0 Å². The highest BCUT2D eigenvalue weighted by molar-refractivity contribution is 5.40. The van der Waals surface area contributed by atoms with Crippen LogP contribution in [-0.4, -0.2) is 30.5 Å². The molecule has 88 valence electrons. The Kier molecular flexibility index (Phi) is 3.17. The number of hydrogen-bond acceptors (Lipinski definition) is 3. The largest absolute Gasteiger partial charge is 0.487 e. The van der Waals surface area contributed by atoms with Gasteiger partial charge in [0.1, 0.15) is 18.0 Å². The minimum atomic E-state index is -0.390. The van der Waals surface area contributed by atoms with Gasteiger partial charge in [-0.2, -0.15) is 0 Å². The predicted molar refractivity (Wildman–Crippen MR) is 61.8 cm³/mol. The summed E-state index contributed by atoms with van der Waals surface area (Å²) in [6.45, 7) is 4.05. The molecule has 0 saturated heterocycles. The third kappa shape index (κ3) is 1.93. The molecule has 1 aromatic rings. The van der Waals surface area contributed by atoms with Crippen LogP contribution in [0.2, 0.25) is 0 Å². The molecule has 3 unspecified atom stereocenters. The molecule has 1 N–H and O–H groups in total. The molecule has 3 nitrogen and oxygen atoms in total. The number of rotatable bonds is 3. The van der Waals surface area contributed by atoms with Crippen molar-refractivity contribution in [2.75, 3.05) is 7.11 Å². The fourth-order valence-corrected chi connectivity index (χ4v) is 2.12. The third-order valence-corrected chi connectivity index (χ3v) is 3.17. The van der Waals surface area contributed by atoms with Crippen molar-refractivity contribution in [2.45, 2.75) is 38.6 Å². The minimum absolute atomic E-state index is 0.0280. The number of aliphatic hydroxyl groups is 1. The van der Waals surface area contributed by atoms with E-state index in [1.807, 2.05) is 32.0 Å². The molecule has 16 heavy (non-hydrogen) atoms. The highest BCUT2D eigenvalue weighted by Crippen LogP contribution is 2.31. The van der Waals surface area contributed by atoms with Crippen LogP contribution in [-0.2, 0) is 4.74 Å². The van der Waals surface area contributed by atoms with Gasteiger partial charge in [0.15, 0.2) is 0 Å². The molecule has 0 aromatic heterocycles. The van der Waals surface area contributed by atoms with Gasteiger partial charge in [-0.1, -0.05) is 18.2 Å². The summed E-state index contributed by atoms with van der Waals surface area (Å²) in [6, 6.07) is 6.07. The quantitative estimate of drug-likeness (QED) is 0.848. The Morgan fingerprint density at radius 3 is 2.38 bits per heavy atom. The summed E-state index contributed by atoms with van der Waals surface area (Å²) in [4.78, 5) is 0. The lowest BCUT2D eigenvalue weighted by atomic mass is 9.88. The van der Waals surface area contributed by atoms with E-state index in [1.54, 1.807) is 7.11 Å². The second kappa shape index (κ2) is 4.44. The normalized spacial score (nSPS) is 28.6. The van der Waals surface area contributed by atoms with E-state index in [4.69, 9.17) is 9.47 Å². The van der Waals surface area contributed by atoms with Gasteiger partial charge >= 0.3 is 0 Å². The molecule has 3 atom stereocenters. The van der Waals surface area contributed by atoms with Gasteiger partial charge in [0.05, 0.1) is 6.10 Å². The second-order valence-corrected chi connectivity index (χ2v) is 4.38. The zero-order valence-corrected chi connectivity index (χ0v) is 9.93. The Morgan fingerprint density at radius 2 is 1.88 bits per heavy atom. The molecule has 3 heteroatoms. The van der Waals surface area contributed by atoms with Crippen molar-refractivity contribution in [1.82, 2.24) is 0 Å². The van der Waals surface area contributed by atoms with Crippen molar-refractivity contribution in [2.24, 2.45) is 0 Å². The van der Waals surface area contributed by atoms with Gasteiger partial charge in [-0.3, -0.25) is 0 Å². The smallest absolute Gasteiger partial charge is 0.130 e. The summed E-state index contributed by atoms with van der Waals surface area (Å²) in [7, 11) is 1.61. The van der Waals surface area contributed by atoms with Gasteiger partial charge in [-0.25, -0.2) is 0 Å². The molecule has 0 spiro atoms. The first-order valence-electron chi connectivity index (χ1n) is 5.57. The van der Waals surface area contributed by atoms with Crippen LogP contribution in [0.5, 0.6) is 5.75 Å². The van der Waals surface area contributed by atoms with Crippen molar-refractivity contribution in [3.63, 3.8) is 0 Å². The van der Waals surface area contributed by atoms with E-state index >= 15 is 0 Å². The fraction of sp³-hybridized carbons (Fsp3) is 0.538. The summed E-state index contributed by atoms with van der Waals surface area (Å²) in [6.07, 6.45) is 0.0323. The molecule has 0 amide bonds. The predicted octanol–water partition coefficient (Wildman–Crippen LogP) is 1.83. The van der Waals surface area contributed by atoms with Crippen LogP contribution in [0.1, 0.15) is 17.5 Å². The van der Waals surface area contributed by atoms with Crippen molar-refractivity contribution < 1.29 is 14.6 Å². The first kappa shape index (κ1) is 11.4. The molecule has 1 aromatic carbocycles. The van der Waals surface area contributed by atoms with E-state index in [0.717, 1.165) is 16.9 Å². The van der Waals surface area contributed by atoms with E-state index in [1.165, 1.54) is 0 Å². The number of ether oxygens (including phenoxy) is 2. The van der Waals surface area contributed by atoms with Crippen LogP contribution in [0, 0.1) is 13.8 Å². The maximum atomic E-state index is 9.49. The first-order valence-corrected chi connectivity index (χ1v) is 5.57. The second-order valence-electron chi connectivity index (χ2n) is 4.38. The zero-order chi connectivity index (χ0) is 11.7. The summed E-state index contributed by atoms with van der Waals surface area (Å²) in [5.41, 5.74) is 2.24. The fourth-order valence-electron chi connectivity index (χ4n) is 2.12. The van der Waals surface area contributed by atoms with Crippen molar-refractivity contribution in [3.8, 4) is 5.75 Å². The Morgan fingerprint density at radius 1 is 1.25 bits per heavy atom. The van der Waals surface area contributed by atoms with E-state index in [2.05, 4.69) is 0 Å². The molecule has 2 rings (SSSR count). The van der Waals surface area contributed by atoms with Crippen LogP contribution in [0.15, 0.2) is 18.2 Å². The number of benzene rings is 1. The summed E-state index contributed by atoms with van der Waals surface area (Å²) in [5.74, 6) is 0.918. The van der Waals surface area contributed by atoms with E-state index < -0.39 is 0 Å². The highest BCUT2D eigenvalue weighted by atomic mass is 16.6. The number of para-hydroxylation sites is 1. The number of methoxy groups -OCH3 is 1. The molecule has 0 radical (unpaired) electrons. The Hall–Kier alpha value is -1.06. The monoisotopic (exact) mass is 222 g/mol. The molecule has 1 aliphatic carbocycles. The molecule has 1 aliphatic rings. The van der Waals surface area contributed by atoms with Gasteiger partial charge in [0, 0.05) is 13.5 Å². The summed E-state index contributed by atoms with van der Waals surface area (Å²) >= 11 is 0. The highest BCUT2D eigenvalue weighted by Gasteiger charge is 2.42. The number of hydrogen-bond donors (Lipinski definition) is 1. The van der Waals surface area contributed by atoms with Gasteiger partial charge in [-0.05, 0) is 25.0 Å². The van der Waals surface area contributed by atoms with Gasteiger partial charge in [0.2, 0.25) is 0 Å². The minimum Gasteiger partial charge on any atom is -0.487 e. The topological polar surface area (TPSA) is 38.7 Å². The van der Waals surface area contributed by atoms with Gasteiger partial charge < -0.3 is 14.6 Å². The number of aliphatic hydroxyl groups excluding tert-OH is 1. The lowest BCUT2D eigenvalue weighted by Crippen LogP contribution is -2.54. The molecule has 1 saturated carbocycles. The van der Waals surface area contributed by atoms with E-state index in [9.17, 15) is 5.11 Å². The lowest BCUT2D eigenvalue weighted by molar-refractivity contribution is -0.149. The van der Waals surface area contributed by atoms with Crippen LogP contribution >= 0.6 is 0 Å². The standard InChI is InChI=1S/C13H18O3/c1-8-5-4-6-9(2)12(8)16-11-7-10(14)13(11)15-3/h4-6,10-11,13-14H,7H2,1-3H3. The lowest BCUT2D eigenvalue weighted by Gasteiger charge is -2.40. The van der Waals surface area contributed by atoms with Crippen LogP contribution in [0.4, 0.5) is 0 Å². The molecule has 0 bridgehead atoms. The maximum absolute atomic E-state index is 9.49. The van der Waals surface area contributed by atoms with E-state index in [-0.39, 0.29) is 18.3 Å². The van der Waals surface area contributed by atoms with Crippen molar-refractivity contribution >= 4 is 0 Å². The molecular formula is C13H18O3. The molecular weight excluding hydrogens is 204 g/mol. The Labute approximate surface area is 96.0 Å². The third-order valence-electron chi connectivity index (χ3n) is 3.17. The Balaban J connectivity index is 2.10. The molecule has 1 fully saturated rings. The summed E-state index contributed by atoms with van der Waals surface area (Å²) in [5, 5.41) is 9.49. The van der Waals surface area contributed by atoms with Gasteiger partial charge in [-0.15, -0.1) is 0 Å². The maximum Gasteiger partial charge on any atom is 0.130 e. The van der Waals surface area contributed by atoms with Crippen LogP contribution < -0.4 is 4.74 Å². The zero-order valence-electron chi connectivity index (χ0n) is 9.93. The van der Waals surface area contributed by atoms with E-state index in [0.29, 0.717) is 6.42 Å². The molecule has 0 heterocycles. The first-order chi connectivity index (χ1) is 7.63.